The maximum absolute atomic E-state index is 14.1. The van der Waals surface area contributed by atoms with Gasteiger partial charge in [-0.3, -0.25) is 4.79 Å². The number of aliphatic carboxylic acids is 1. The number of carbonyl (C=O) groups is 1. The minimum absolute atomic E-state index is 0.430. The van der Waals surface area contributed by atoms with Crippen molar-refractivity contribution in [3.63, 3.8) is 0 Å². The lowest BCUT2D eigenvalue weighted by Gasteiger charge is -2.10. The van der Waals surface area contributed by atoms with Crippen molar-refractivity contribution >= 4 is 5.97 Å². The van der Waals surface area contributed by atoms with Crippen LogP contribution in [0.3, 0.4) is 0 Å². The number of halogens is 1. The van der Waals surface area contributed by atoms with E-state index in [9.17, 15) is 9.18 Å². The average Bonchev–Trinajstić information content (AvgIpc) is 2.46. The van der Waals surface area contributed by atoms with Crippen molar-refractivity contribution in [2.24, 2.45) is 0 Å². The number of carboxylic acids is 1. The Morgan fingerprint density at radius 1 is 1.20 bits per heavy atom. The highest BCUT2D eigenvalue weighted by Crippen LogP contribution is 2.27. The van der Waals surface area contributed by atoms with Crippen LogP contribution in [0.15, 0.2) is 42.5 Å². The van der Waals surface area contributed by atoms with Crippen LogP contribution in [-0.2, 0) is 4.79 Å². The summed E-state index contributed by atoms with van der Waals surface area (Å²) in [6, 6.07) is 11.5. The van der Waals surface area contributed by atoms with E-state index in [1.807, 2.05) is 0 Å². The first-order valence-corrected chi connectivity index (χ1v) is 6.19. The fourth-order valence-electron chi connectivity index (χ4n) is 1.95. The molecule has 0 aromatic heterocycles. The molecule has 0 bridgehead atoms. The molecule has 4 heteroatoms. The van der Waals surface area contributed by atoms with Gasteiger partial charge in [0.2, 0.25) is 0 Å². The summed E-state index contributed by atoms with van der Waals surface area (Å²) in [6.07, 6.45) is 0. The predicted molar refractivity (Wildman–Crippen MR) is 74.4 cm³/mol. The summed E-state index contributed by atoms with van der Waals surface area (Å²) >= 11 is 0. The smallest absolute Gasteiger partial charge is 0.310 e. The van der Waals surface area contributed by atoms with Crippen molar-refractivity contribution in [3.8, 4) is 16.9 Å². The van der Waals surface area contributed by atoms with Gasteiger partial charge in [0.1, 0.15) is 11.6 Å². The molecule has 0 spiro atoms. The van der Waals surface area contributed by atoms with Gasteiger partial charge in [-0.2, -0.15) is 0 Å². The molecule has 0 aliphatic carbocycles. The number of carboxylic acid groups (broad SMARTS) is 1. The van der Waals surface area contributed by atoms with E-state index >= 15 is 0 Å². The molecule has 2 rings (SSSR count). The molecule has 0 aliphatic rings. The van der Waals surface area contributed by atoms with Gasteiger partial charge < -0.3 is 9.84 Å². The summed E-state index contributed by atoms with van der Waals surface area (Å²) in [5.74, 6) is -1.43. The van der Waals surface area contributed by atoms with Crippen LogP contribution in [0, 0.1) is 5.82 Å². The van der Waals surface area contributed by atoms with Crippen LogP contribution in [0.4, 0.5) is 4.39 Å². The molecule has 3 nitrogen and oxygen atoms in total. The lowest BCUT2D eigenvalue weighted by molar-refractivity contribution is -0.138. The van der Waals surface area contributed by atoms with E-state index in [0.29, 0.717) is 16.9 Å². The topological polar surface area (TPSA) is 46.5 Å². The van der Waals surface area contributed by atoms with Gasteiger partial charge in [-0.05, 0) is 36.2 Å². The normalized spacial score (nSPS) is 11.9. The zero-order valence-corrected chi connectivity index (χ0v) is 11.3. The fourth-order valence-corrected chi connectivity index (χ4v) is 1.95. The second-order valence-electron chi connectivity index (χ2n) is 4.53. The van der Waals surface area contributed by atoms with Gasteiger partial charge in [-0.15, -0.1) is 0 Å². The summed E-state index contributed by atoms with van der Waals surface area (Å²) in [5.41, 5.74) is 1.61. The standard InChI is InChI=1S/C16H15FO3/c1-10(16(18)19)12-5-8-14(15(17)9-12)11-3-6-13(20-2)7-4-11/h3-10H,1-2H3,(H,18,19)/t10-/m0/s1. The number of hydrogen-bond acceptors (Lipinski definition) is 2. The Kier molecular flexibility index (Phi) is 4.03. The third-order valence-corrected chi connectivity index (χ3v) is 3.26. The molecule has 20 heavy (non-hydrogen) atoms. The molecule has 0 saturated heterocycles. The Hall–Kier alpha value is -2.36. The van der Waals surface area contributed by atoms with Crippen LogP contribution in [-0.4, -0.2) is 18.2 Å². The number of rotatable bonds is 4. The molecular formula is C16H15FO3. The highest BCUT2D eigenvalue weighted by molar-refractivity contribution is 5.76. The monoisotopic (exact) mass is 274 g/mol. The second kappa shape index (κ2) is 5.74. The van der Waals surface area contributed by atoms with Gasteiger partial charge in [-0.1, -0.05) is 24.3 Å². The first kappa shape index (κ1) is 14.1. The molecule has 0 fully saturated rings. The Morgan fingerprint density at radius 2 is 1.85 bits per heavy atom. The highest BCUT2D eigenvalue weighted by atomic mass is 19.1. The molecule has 0 amide bonds. The van der Waals surface area contributed by atoms with E-state index in [-0.39, 0.29) is 0 Å². The minimum Gasteiger partial charge on any atom is -0.497 e. The van der Waals surface area contributed by atoms with E-state index in [1.165, 1.54) is 13.0 Å². The SMILES string of the molecule is COc1ccc(-c2ccc([C@H](C)C(=O)O)cc2F)cc1. The largest absolute Gasteiger partial charge is 0.497 e. The molecule has 1 N–H and O–H groups in total. The third kappa shape index (κ3) is 2.79. The summed E-state index contributed by atoms with van der Waals surface area (Å²) < 4.78 is 19.2. The van der Waals surface area contributed by atoms with Gasteiger partial charge >= 0.3 is 5.97 Å². The van der Waals surface area contributed by atoms with Gasteiger partial charge in [-0.25, -0.2) is 4.39 Å². The summed E-state index contributed by atoms with van der Waals surface area (Å²) in [7, 11) is 1.57. The van der Waals surface area contributed by atoms with E-state index < -0.39 is 17.7 Å². The van der Waals surface area contributed by atoms with E-state index in [4.69, 9.17) is 9.84 Å². The fraction of sp³-hybridized carbons (Fsp3) is 0.188. The Balaban J connectivity index is 2.35. The molecule has 0 aliphatic heterocycles. The van der Waals surface area contributed by atoms with Crippen LogP contribution < -0.4 is 4.74 Å². The van der Waals surface area contributed by atoms with Crippen LogP contribution in [0.1, 0.15) is 18.4 Å². The van der Waals surface area contributed by atoms with Crippen molar-refractivity contribution in [3.05, 3.63) is 53.8 Å². The molecule has 2 aromatic rings. The zero-order valence-electron chi connectivity index (χ0n) is 11.3. The van der Waals surface area contributed by atoms with E-state index in [0.717, 1.165) is 5.56 Å². The van der Waals surface area contributed by atoms with Gasteiger partial charge in [0, 0.05) is 5.56 Å². The molecule has 0 heterocycles. The molecular weight excluding hydrogens is 259 g/mol. The Labute approximate surface area is 116 Å². The number of benzene rings is 2. The quantitative estimate of drug-likeness (QED) is 0.924. The van der Waals surface area contributed by atoms with Crippen LogP contribution in [0.25, 0.3) is 11.1 Å². The number of hydrogen-bond donors (Lipinski definition) is 1. The summed E-state index contributed by atoms with van der Waals surface area (Å²) in [5, 5.41) is 8.93. The Bertz CT molecular complexity index is 620. The maximum atomic E-state index is 14.1. The first-order valence-electron chi connectivity index (χ1n) is 6.19. The highest BCUT2D eigenvalue weighted by Gasteiger charge is 2.15. The molecule has 104 valence electrons. The third-order valence-electron chi connectivity index (χ3n) is 3.26. The van der Waals surface area contributed by atoms with Crippen molar-refractivity contribution < 1.29 is 19.0 Å². The maximum Gasteiger partial charge on any atom is 0.310 e. The van der Waals surface area contributed by atoms with Crippen molar-refractivity contribution in [1.29, 1.82) is 0 Å². The molecule has 2 aromatic carbocycles. The molecule has 0 saturated carbocycles. The van der Waals surface area contributed by atoms with Crippen LogP contribution in [0.2, 0.25) is 0 Å². The van der Waals surface area contributed by atoms with Crippen molar-refractivity contribution in [2.45, 2.75) is 12.8 Å². The zero-order chi connectivity index (χ0) is 14.7. The van der Waals surface area contributed by atoms with E-state index in [2.05, 4.69) is 0 Å². The van der Waals surface area contributed by atoms with Crippen LogP contribution >= 0.6 is 0 Å². The number of ether oxygens (including phenoxy) is 1. The van der Waals surface area contributed by atoms with Crippen molar-refractivity contribution in [2.75, 3.05) is 7.11 Å². The minimum atomic E-state index is -0.971. The molecule has 0 radical (unpaired) electrons. The predicted octanol–water partition coefficient (Wildman–Crippen LogP) is 3.69. The number of methoxy groups -OCH3 is 1. The second-order valence-corrected chi connectivity index (χ2v) is 4.53. The van der Waals surface area contributed by atoms with Gasteiger partial charge in [0.05, 0.1) is 13.0 Å². The molecule has 0 unspecified atom stereocenters. The lowest BCUT2D eigenvalue weighted by atomic mass is 9.97. The summed E-state index contributed by atoms with van der Waals surface area (Å²) in [6.45, 7) is 1.53. The van der Waals surface area contributed by atoms with Crippen LogP contribution in [0.5, 0.6) is 5.75 Å². The van der Waals surface area contributed by atoms with Gasteiger partial charge in [0.25, 0.3) is 0 Å². The Morgan fingerprint density at radius 3 is 2.35 bits per heavy atom. The van der Waals surface area contributed by atoms with Gasteiger partial charge in [0.15, 0.2) is 0 Å². The van der Waals surface area contributed by atoms with E-state index in [1.54, 1.807) is 43.5 Å². The lowest BCUT2D eigenvalue weighted by Crippen LogP contribution is -2.07. The average molecular weight is 274 g/mol. The first-order chi connectivity index (χ1) is 9.52. The summed E-state index contributed by atoms with van der Waals surface area (Å²) in [4.78, 5) is 10.9. The molecule has 1 atom stereocenters. The van der Waals surface area contributed by atoms with Crippen molar-refractivity contribution in [1.82, 2.24) is 0 Å².